The predicted octanol–water partition coefficient (Wildman–Crippen LogP) is 4.56. The van der Waals surface area contributed by atoms with E-state index in [9.17, 15) is 17.6 Å². The zero-order chi connectivity index (χ0) is 16.8. The van der Waals surface area contributed by atoms with E-state index in [1.807, 2.05) is 0 Å². The van der Waals surface area contributed by atoms with Crippen LogP contribution in [0.2, 0.25) is 0 Å². The molecule has 0 aliphatic carbocycles. The summed E-state index contributed by atoms with van der Waals surface area (Å²) in [7, 11) is 0. The molecule has 4 rings (SSSR count). The van der Waals surface area contributed by atoms with E-state index in [1.165, 1.54) is 12.3 Å². The first-order valence-electron chi connectivity index (χ1n) is 6.98. The monoisotopic (exact) mass is 334 g/mol. The Balaban J connectivity index is 1.77. The maximum absolute atomic E-state index is 14.2. The van der Waals surface area contributed by atoms with Crippen LogP contribution in [0.15, 0.2) is 36.7 Å². The third-order valence-corrected chi connectivity index (χ3v) is 3.69. The average Bonchev–Trinajstić information content (AvgIpc) is 3.27. The van der Waals surface area contributed by atoms with Crippen molar-refractivity contribution in [3.8, 4) is 34.2 Å². The van der Waals surface area contributed by atoms with Crippen molar-refractivity contribution < 1.29 is 17.6 Å². The second kappa shape index (κ2) is 5.19. The van der Waals surface area contributed by atoms with Crippen molar-refractivity contribution >= 4 is 0 Å². The van der Waals surface area contributed by atoms with E-state index in [2.05, 4.69) is 19.9 Å². The molecule has 0 aliphatic heterocycles. The van der Waals surface area contributed by atoms with Crippen molar-refractivity contribution in [2.24, 2.45) is 0 Å². The molecule has 4 heterocycles. The average molecular weight is 334 g/mol. The normalized spacial score (nSPS) is 11.3. The van der Waals surface area contributed by atoms with E-state index in [4.69, 9.17) is 0 Å². The number of halogens is 4. The Hall–Kier alpha value is -3.16. The van der Waals surface area contributed by atoms with Crippen LogP contribution in [0.5, 0.6) is 0 Å². The highest BCUT2D eigenvalue weighted by atomic mass is 19.1. The molecule has 0 bridgehead atoms. The fourth-order valence-corrected chi connectivity index (χ4v) is 2.59. The highest BCUT2D eigenvalue weighted by Crippen LogP contribution is 2.31. The molecule has 4 N–H and O–H groups in total. The summed E-state index contributed by atoms with van der Waals surface area (Å²) < 4.78 is 54.9. The van der Waals surface area contributed by atoms with Gasteiger partial charge < -0.3 is 19.9 Å². The van der Waals surface area contributed by atoms with E-state index in [1.54, 1.807) is 0 Å². The van der Waals surface area contributed by atoms with Gasteiger partial charge in [-0.05, 0) is 6.07 Å². The van der Waals surface area contributed by atoms with Gasteiger partial charge in [0.1, 0.15) is 11.6 Å². The van der Waals surface area contributed by atoms with Crippen molar-refractivity contribution in [3.63, 3.8) is 0 Å². The van der Waals surface area contributed by atoms with Crippen LogP contribution >= 0.6 is 0 Å². The molecule has 4 nitrogen and oxygen atoms in total. The Morgan fingerprint density at radius 3 is 1.79 bits per heavy atom. The molecule has 0 radical (unpaired) electrons. The van der Waals surface area contributed by atoms with Crippen LogP contribution in [0.3, 0.4) is 0 Å². The largest absolute Gasteiger partial charge is 0.358 e. The highest BCUT2D eigenvalue weighted by molar-refractivity contribution is 5.69. The van der Waals surface area contributed by atoms with Crippen LogP contribution in [0.4, 0.5) is 17.6 Å². The molecule has 8 heteroatoms. The lowest BCUT2D eigenvalue weighted by atomic mass is 10.3. The van der Waals surface area contributed by atoms with Gasteiger partial charge in [0.2, 0.25) is 0 Å². The maximum Gasteiger partial charge on any atom is 0.150 e. The zero-order valence-electron chi connectivity index (χ0n) is 12.0. The summed E-state index contributed by atoms with van der Waals surface area (Å²) in [6.45, 7) is 0. The zero-order valence-corrected chi connectivity index (χ0v) is 12.0. The molecule has 0 aliphatic rings. The van der Waals surface area contributed by atoms with Gasteiger partial charge in [0.15, 0.2) is 11.6 Å². The summed E-state index contributed by atoms with van der Waals surface area (Å²) in [6.07, 6.45) is 2.46. The quantitative estimate of drug-likeness (QED) is 0.397. The first kappa shape index (κ1) is 14.4. The van der Waals surface area contributed by atoms with E-state index in [0.717, 1.165) is 24.4 Å². The Morgan fingerprint density at radius 2 is 1.25 bits per heavy atom. The fraction of sp³-hybridized carbons (Fsp3) is 0. The number of hydrogen-bond donors (Lipinski definition) is 4. The SMILES string of the molecule is Fc1c[nH]c(-c2[nH]c(-c3[nH]c(-c4[nH]ccc4F)cc3F)cc2F)c1. The van der Waals surface area contributed by atoms with Crippen LogP contribution in [0.1, 0.15) is 0 Å². The molecule has 0 saturated carbocycles. The van der Waals surface area contributed by atoms with Crippen molar-refractivity contribution in [2.75, 3.05) is 0 Å². The second-order valence-corrected chi connectivity index (χ2v) is 5.24. The van der Waals surface area contributed by atoms with Gasteiger partial charge in [0, 0.05) is 30.6 Å². The van der Waals surface area contributed by atoms with E-state index < -0.39 is 23.3 Å². The Bertz CT molecular complexity index is 1020. The van der Waals surface area contributed by atoms with Gasteiger partial charge in [0.05, 0.1) is 34.2 Å². The molecule has 0 unspecified atom stereocenters. The van der Waals surface area contributed by atoms with Gasteiger partial charge in [-0.1, -0.05) is 0 Å². The van der Waals surface area contributed by atoms with Gasteiger partial charge in [-0.2, -0.15) is 0 Å². The van der Waals surface area contributed by atoms with Gasteiger partial charge in [-0.25, -0.2) is 17.6 Å². The Labute approximate surface area is 132 Å². The number of nitrogens with one attached hydrogen (secondary N) is 4. The number of aromatic nitrogens is 4. The molecule has 4 aromatic rings. The van der Waals surface area contributed by atoms with Gasteiger partial charge in [-0.15, -0.1) is 0 Å². The van der Waals surface area contributed by atoms with Crippen LogP contribution in [-0.4, -0.2) is 19.9 Å². The standard InChI is InChI=1S/C16H10F4N4/c17-7-3-11(22-6-7)15-9(19)5-13(24-15)16-10(20)4-12(23-16)14-8(18)1-2-21-14/h1-6,21-24H. The minimum atomic E-state index is -0.676. The molecule has 0 fully saturated rings. The summed E-state index contributed by atoms with van der Waals surface area (Å²) in [6, 6.07) is 4.51. The van der Waals surface area contributed by atoms with E-state index in [0.29, 0.717) is 0 Å². The van der Waals surface area contributed by atoms with Crippen molar-refractivity contribution in [2.45, 2.75) is 0 Å². The third kappa shape index (κ3) is 2.23. The lowest BCUT2D eigenvalue weighted by molar-refractivity contribution is 0.629. The molecule has 122 valence electrons. The molecule has 0 aromatic carbocycles. The molecular weight excluding hydrogens is 324 g/mol. The third-order valence-electron chi connectivity index (χ3n) is 3.69. The number of H-pyrrole nitrogens is 4. The van der Waals surface area contributed by atoms with Gasteiger partial charge >= 0.3 is 0 Å². The lowest BCUT2D eigenvalue weighted by Gasteiger charge is -1.96. The molecule has 4 aromatic heterocycles. The minimum Gasteiger partial charge on any atom is -0.358 e. The molecular formula is C16H10F4N4. The predicted molar refractivity (Wildman–Crippen MR) is 80.0 cm³/mol. The van der Waals surface area contributed by atoms with E-state index >= 15 is 0 Å². The fourth-order valence-electron chi connectivity index (χ4n) is 2.59. The maximum atomic E-state index is 14.2. The van der Waals surface area contributed by atoms with Crippen LogP contribution in [0, 0.1) is 23.3 Å². The smallest absolute Gasteiger partial charge is 0.150 e. The van der Waals surface area contributed by atoms with Gasteiger partial charge in [-0.3, -0.25) is 0 Å². The summed E-state index contributed by atoms with van der Waals surface area (Å²) in [5.41, 5.74) is 0.560. The second-order valence-electron chi connectivity index (χ2n) is 5.24. The Morgan fingerprint density at radius 1 is 0.625 bits per heavy atom. The molecule has 0 saturated heterocycles. The number of rotatable bonds is 3. The highest BCUT2D eigenvalue weighted by Gasteiger charge is 2.19. The summed E-state index contributed by atoms with van der Waals surface area (Å²) in [4.78, 5) is 10.6. The summed E-state index contributed by atoms with van der Waals surface area (Å²) in [5, 5.41) is 0. The number of aromatic amines is 4. The van der Waals surface area contributed by atoms with Gasteiger partial charge in [0.25, 0.3) is 0 Å². The lowest BCUT2D eigenvalue weighted by Crippen LogP contribution is -1.84. The first-order chi connectivity index (χ1) is 11.5. The Kier molecular flexibility index (Phi) is 3.12. The molecule has 0 spiro atoms. The summed E-state index contributed by atoms with van der Waals surface area (Å²) in [5.74, 6) is -2.43. The molecule has 0 atom stereocenters. The summed E-state index contributed by atoms with van der Waals surface area (Å²) >= 11 is 0. The topological polar surface area (TPSA) is 63.2 Å². The van der Waals surface area contributed by atoms with Crippen LogP contribution < -0.4 is 0 Å². The van der Waals surface area contributed by atoms with Crippen LogP contribution in [0.25, 0.3) is 34.2 Å². The van der Waals surface area contributed by atoms with Crippen molar-refractivity contribution in [3.05, 3.63) is 59.9 Å². The van der Waals surface area contributed by atoms with Crippen molar-refractivity contribution in [1.29, 1.82) is 0 Å². The minimum absolute atomic E-state index is 0.00416. The molecule has 24 heavy (non-hydrogen) atoms. The van der Waals surface area contributed by atoms with Crippen LogP contribution in [-0.2, 0) is 0 Å². The first-order valence-corrected chi connectivity index (χ1v) is 6.98. The van der Waals surface area contributed by atoms with E-state index in [-0.39, 0.29) is 34.2 Å². The van der Waals surface area contributed by atoms with Crippen molar-refractivity contribution in [1.82, 2.24) is 19.9 Å². The molecule has 0 amide bonds. The number of hydrogen-bond acceptors (Lipinski definition) is 0.